The van der Waals surface area contributed by atoms with Gasteiger partial charge in [-0.1, -0.05) is 19.0 Å². The molecule has 7 nitrogen and oxygen atoms in total. The molecule has 1 amide bonds. The zero-order chi connectivity index (χ0) is 18.1. The number of pyridine rings is 1. The van der Waals surface area contributed by atoms with E-state index in [-0.39, 0.29) is 29.2 Å². The Balaban J connectivity index is 1.47. The molecule has 1 saturated carbocycles. The first-order chi connectivity index (χ1) is 12.6. The van der Waals surface area contributed by atoms with Gasteiger partial charge in [0.15, 0.2) is 0 Å². The minimum Gasteiger partial charge on any atom is -0.344 e. The lowest BCUT2D eigenvalue weighted by atomic mass is 9.91. The summed E-state index contributed by atoms with van der Waals surface area (Å²) in [5.74, 6) is 1.34. The van der Waals surface area contributed by atoms with Gasteiger partial charge in [0.1, 0.15) is 6.04 Å². The Kier molecular flexibility index (Phi) is 4.48. The standard InChI is InChI=1S/C19H25N5O2/c1-12(2)15(18-23-16(24-26-18)13-4-3-7-21-11-13)22-17(25)14-10-19(14)5-8-20-9-6-19/h3-4,7,11-12,14-15,20H,5-6,8-10H2,1-2H3,(H,22,25). The number of rotatable bonds is 5. The van der Waals surface area contributed by atoms with Crippen LogP contribution < -0.4 is 10.6 Å². The largest absolute Gasteiger partial charge is 0.344 e. The second-order valence-corrected chi connectivity index (χ2v) is 7.80. The van der Waals surface area contributed by atoms with Crippen LogP contribution in [-0.2, 0) is 4.79 Å². The average molecular weight is 355 g/mol. The Morgan fingerprint density at radius 2 is 2.19 bits per heavy atom. The number of amides is 1. The van der Waals surface area contributed by atoms with E-state index in [1.165, 1.54) is 0 Å². The van der Waals surface area contributed by atoms with Gasteiger partial charge < -0.3 is 15.2 Å². The highest BCUT2D eigenvalue weighted by Crippen LogP contribution is 2.58. The lowest BCUT2D eigenvalue weighted by Crippen LogP contribution is -2.36. The molecule has 2 atom stereocenters. The van der Waals surface area contributed by atoms with Crippen molar-refractivity contribution in [3.8, 4) is 11.4 Å². The van der Waals surface area contributed by atoms with Gasteiger partial charge in [0, 0.05) is 23.9 Å². The van der Waals surface area contributed by atoms with E-state index in [1.54, 1.807) is 12.4 Å². The van der Waals surface area contributed by atoms with Crippen molar-refractivity contribution in [1.82, 2.24) is 25.8 Å². The van der Waals surface area contributed by atoms with E-state index in [4.69, 9.17) is 4.52 Å². The predicted octanol–water partition coefficient (Wildman–Crippen LogP) is 2.33. The number of piperidine rings is 1. The van der Waals surface area contributed by atoms with Crippen LogP contribution in [0.2, 0.25) is 0 Å². The molecule has 7 heteroatoms. The molecule has 0 bridgehead atoms. The molecule has 26 heavy (non-hydrogen) atoms. The van der Waals surface area contributed by atoms with Gasteiger partial charge >= 0.3 is 0 Å². The maximum Gasteiger partial charge on any atom is 0.249 e. The molecule has 1 aliphatic carbocycles. The normalized spacial score (nSPS) is 22.3. The van der Waals surface area contributed by atoms with E-state index in [0.717, 1.165) is 37.9 Å². The highest BCUT2D eigenvalue weighted by Gasteiger charge is 2.57. The monoisotopic (exact) mass is 355 g/mol. The SMILES string of the molecule is CC(C)C(NC(=O)C1CC12CCNCC2)c1nc(-c2cccnc2)no1. The molecular weight excluding hydrogens is 330 g/mol. The third-order valence-corrected chi connectivity index (χ3v) is 5.70. The number of carbonyl (C=O) groups excluding carboxylic acids is 1. The lowest BCUT2D eigenvalue weighted by Gasteiger charge is -2.24. The maximum absolute atomic E-state index is 12.8. The van der Waals surface area contributed by atoms with E-state index in [1.807, 2.05) is 26.0 Å². The van der Waals surface area contributed by atoms with Gasteiger partial charge in [-0.25, -0.2) is 0 Å². The molecule has 1 aliphatic heterocycles. The third kappa shape index (κ3) is 3.23. The molecule has 3 heterocycles. The van der Waals surface area contributed by atoms with Crippen molar-refractivity contribution in [2.24, 2.45) is 17.3 Å². The Bertz CT molecular complexity index is 767. The summed E-state index contributed by atoms with van der Waals surface area (Å²) in [6, 6.07) is 3.44. The van der Waals surface area contributed by atoms with Crippen molar-refractivity contribution in [1.29, 1.82) is 0 Å². The summed E-state index contributed by atoms with van der Waals surface area (Å²) >= 11 is 0. The summed E-state index contributed by atoms with van der Waals surface area (Å²) in [7, 11) is 0. The first kappa shape index (κ1) is 17.1. The highest BCUT2D eigenvalue weighted by molar-refractivity contribution is 5.83. The van der Waals surface area contributed by atoms with Crippen molar-refractivity contribution in [2.45, 2.75) is 39.2 Å². The summed E-state index contributed by atoms with van der Waals surface area (Å²) in [5.41, 5.74) is 1.01. The highest BCUT2D eigenvalue weighted by atomic mass is 16.5. The van der Waals surface area contributed by atoms with Gasteiger partial charge in [-0.2, -0.15) is 4.98 Å². The van der Waals surface area contributed by atoms with Gasteiger partial charge in [-0.3, -0.25) is 9.78 Å². The molecule has 2 fully saturated rings. The number of carbonyl (C=O) groups is 1. The van der Waals surface area contributed by atoms with E-state index >= 15 is 0 Å². The molecule has 138 valence electrons. The zero-order valence-corrected chi connectivity index (χ0v) is 15.2. The molecule has 4 rings (SSSR count). The van der Waals surface area contributed by atoms with Crippen molar-refractivity contribution in [3.05, 3.63) is 30.4 Å². The number of nitrogens with zero attached hydrogens (tertiary/aromatic N) is 3. The van der Waals surface area contributed by atoms with E-state index in [0.29, 0.717) is 11.7 Å². The van der Waals surface area contributed by atoms with Crippen LogP contribution in [0.3, 0.4) is 0 Å². The summed E-state index contributed by atoms with van der Waals surface area (Å²) in [6.45, 7) is 6.11. The molecule has 0 aromatic carbocycles. The van der Waals surface area contributed by atoms with Crippen LogP contribution in [0.15, 0.2) is 29.0 Å². The van der Waals surface area contributed by atoms with Crippen LogP contribution in [0.1, 0.15) is 45.0 Å². The molecule has 1 spiro atoms. The van der Waals surface area contributed by atoms with Gasteiger partial charge in [0.25, 0.3) is 0 Å². The first-order valence-electron chi connectivity index (χ1n) is 9.34. The Labute approximate surface area is 153 Å². The molecular formula is C19H25N5O2. The van der Waals surface area contributed by atoms with E-state index in [2.05, 4.69) is 25.8 Å². The van der Waals surface area contributed by atoms with Crippen LogP contribution in [-0.4, -0.2) is 34.1 Å². The van der Waals surface area contributed by atoms with E-state index in [9.17, 15) is 4.79 Å². The van der Waals surface area contributed by atoms with Crippen LogP contribution in [0.5, 0.6) is 0 Å². The summed E-state index contributed by atoms with van der Waals surface area (Å²) in [4.78, 5) is 21.4. The predicted molar refractivity (Wildman–Crippen MR) is 95.9 cm³/mol. The number of hydrogen-bond acceptors (Lipinski definition) is 6. The van der Waals surface area contributed by atoms with Gasteiger partial charge in [0.2, 0.25) is 17.6 Å². The molecule has 2 aromatic heterocycles. The second-order valence-electron chi connectivity index (χ2n) is 7.80. The molecule has 2 aliphatic rings. The van der Waals surface area contributed by atoms with Gasteiger partial charge in [0.05, 0.1) is 0 Å². The Morgan fingerprint density at radius 1 is 1.38 bits per heavy atom. The topological polar surface area (TPSA) is 92.9 Å². The molecule has 2 aromatic rings. The zero-order valence-electron chi connectivity index (χ0n) is 15.2. The van der Waals surface area contributed by atoms with Crippen molar-refractivity contribution in [3.63, 3.8) is 0 Å². The molecule has 0 radical (unpaired) electrons. The first-order valence-corrected chi connectivity index (χ1v) is 9.34. The van der Waals surface area contributed by atoms with E-state index < -0.39 is 0 Å². The van der Waals surface area contributed by atoms with Crippen molar-refractivity contribution >= 4 is 5.91 Å². The number of nitrogens with one attached hydrogen (secondary N) is 2. The molecule has 2 unspecified atom stereocenters. The fraction of sp³-hybridized carbons (Fsp3) is 0.579. The van der Waals surface area contributed by atoms with Crippen molar-refractivity contribution in [2.75, 3.05) is 13.1 Å². The summed E-state index contributed by atoms with van der Waals surface area (Å²) < 4.78 is 5.47. The Morgan fingerprint density at radius 3 is 2.88 bits per heavy atom. The molecule has 1 saturated heterocycles. The Hall–Kier alpha value is -2.28. The molecule has 2 N–H and O–H groups in total. The van der Waals surface area contributed by atoms with Gasteiger partial charge in [-0.05, 0) is 55.8 Å². The fourth-order valence-electron chi connectivity index (χ4n) is 3.94. The van der Waals surface area contributed by atoms with Crippen molar-refractivity contribution < 1.29 is 9.32 Å². The summed E-state index contributed by atoms with van der Waals surface area (Å²) in [5, 5.41) is 10.6. The third-order valence-electron chi connectivity index (χ3n) is 5.70. The van der Waals surface area contributed by atoms with Crippen LogP contribution in [0.25, 0.3) is 11.4 Å². The second kappa shape index (κ2) is 6.79. The minimum absolute atomic E-state index is 0.117. The minimum atomic E-state index is -0.278. The number of hydrogen-bond donors (Lipinski definition) is 2. The van der Waals surface area contributed by atoms with Crippen LogP contribution in [0.4, 0.5) is 0 Å². The smallest absolute Gasteiger partial charge is 0.249 e. The quantitative estimate of drug-likeness (QED) is 0.855. The maximum atomic E-state index is 12.8. The lowest BCUT2D eigenvalue weighted by molar-refractivity contribution is -0.124. The van der Waals surface area contributed by atoms with Crippen LogP contribution >= 0.6 is 0 Å². The number of aromatic nitrogens is 3. The van der Waals surface area contributed by atoms with Gasteiger partial charge in [-0.15, -0.1) is 0 Å². The average Bonchev–Trinajstić information content (AvgIpc) is 3.13. The fourth-order valence-corrected chi connectivity index (χ4v) is 3.94. The van der Waals surface area contributed by atoms with Crippen LogP contribution in [0, 0.1) is 17.3 Å². The summed E-state index contributed by atoms with van der Waals surface area (Å²) in [6.07, 6.45) is 6.57.